The van der Waals surface area contributed by atoms with Crippen molar-refractivity contribution in [1.29, 1.82) is 0 Å². The van der Waals surface area contributed by atoms with E-state index in [4.69, 9.17) is 0 Å². The maximum atomic E-state index is 13.7. The van der Waals surface area contributed by atoms with Crippen molar-refractivity contribution in [3.8, 4) is 0 Å². The molecule has 2 aliphatic rings. The molecule has 0 spiro atoms. The molecule has 106 valence electrons. The molecule has 2 fully saturated rings. The molecule has 0 unspecified atom stereocenters. The summed E-state index contributed by atoms with van der Waals surface area (Å²) in [5.74, 6) is -1.23. The van der Waals surface area contributed by atoms with Crippen molar-refractivity contribution in [3.05, 3.63) is 29.8 Å². The third-order valence-corrected chi connectivity index (χ3v) is 4.05. The second kappa shape index (κ2) is 5.19. The number of piperazine rings is 1. The zero-order valence-electron chi connectivity index (χ0n) is 11.0. The van der Waals surface area contributed by atoms with E-state index in [-0.39, 0.29) is 30.1 Å². The third kappa shape index (κ3) is 2.26. The number of halogens is 1. The first-order valence-electron chi connectivity index (χ1n) is 6.86. The zero-order valence-corrected chi connectivity index (χ0v) is 11.0. The number of aromatic nitrogens is 1. The summed E-state index contributed by atoms with van der Waals surface area (Å²) >= 11 is 0. The van der Waals surface area contributed by atoms with Gasteiger partial charge in [0.1, 0.15) is 6.54 Å². The first-order chi connectivity index (χ1) is 9.66. The molecule has 2 amide bonds. The lowest BCUT2D eigenvalue weighted by atomic mass is 9.87. The topological polar surface area (TPSA) is 62.3 Å². The molecule has 1 aliphatic heterocycles. The molecule has 1 N–H and O–H groups in total. The first kappa shape index (κ1) is 13.0. The minimum atomic E-state index is -0.643. The van der Waals surface area contributed by atoms with Crippen LogP contribution < -0.4 is 5.32 Å². The predicted octanol–water partition coefficient (Wildman–Crippen LogP) is 1.10. The Morgan fingerprint density at radius 2 is 2.20 bits per heavy atom. The number of nitrogens with zero attached hydrogens (tertiary/aromatic N) is 2. The fourth-order valence-corrected chi connectivity index (χ4v) is 3.10. The Morgan fingerprint density at radius 1 is 1.40 bits per heavy atom. The van der Waals surface area contributed by atoms with E-state index in [1.807, 2.05) is 0 Å². The second-order valence-corrected chi connectivity index (χ2v) is 5.31. The number of carbonyl (C=O) groups excluding carboxylic acids is 2. The molecule has 5 nitrogen and oxygen atoms in total. The van der Waals surface area contributed by atoms with Crippen LogP contribution in [0.1, 0.15) is 36.0 Å². The lowest BCUT2D eigenvalue weighted by Crippen LogP contribution is -2.63. The quantitative estimate of drug-likeness (QED) is 0.836. The average molecular weight is 277 g/mol. The summed E-state index contributed by atoms with van der Waals surface area (Å²) in [6, 6.07) is 1.34. The highest BCUT2D eigenvalue weighted by molar-refractivity contribution is 5.97. The number of rotatable bonds is 1. The maximum Gasteiger partial charge on any atom is 0.257 e. The van der Waals surface area contributed by atoms with Gasteiger partial charge in [-0.2, -0.15) is 0 Å². The Balaban J connectivity index is 1.89. The van der Waals surface area contributed by atoms with Gasteiger partial charge in [-0.05, 0) is 18.9 Å². The van der Waals surface area contributed by atoms with Gasteiger partial charge in [0.25, 0.3) is 5.91 Å². The summed E-state index contributed by atoms with van der Waals surface area (Å²) in [5.41, 5.74) is -0.0148. The summed E-state index contributed by atoms with van der Waals surface area (Å²) in [6.07, 6.45) is 6.21. The molecule has 0 radical (unpaired) electrons. The number of amides is 2. The molecular weight excluding hydrogens is 261 g/mol. The largest absolute Gasteiger partial charge is 0.350 e. The van der Waals surface area contributed by atoms with Crippen LogP contribution in [0.5, 0.6) is 0 Å². The second-order valence-electron chi connectivity index (χ2n) is 5.31. The number of hydrogen-bond acceptors (Lipinski definition) is 3. The Hall–Kier alpha value is -1.98. The molecule has 20 heavy (non-hydrogen) atoms. The third-order valence-electron chi connectivity index (χ3n) is 4.05. The Kier molecular flexibility index (Phi) is 3.38. The van der Waals surface area contributed by atoms with E-state index in [9.17, 15) is 14.0 Å². The van der Waals surface area contributed by atoms with Gasteiger partial charge in [-0.15, -0.1) is 0 Å². The first-order valence-corrected chi connectivity index (χ1v) is 6.86. The van der Waals surface area contributed by atoms with E-state index >= 15 is 0 Å². The Labute approximate surface area is 116 Å². The Morgan fingerprint density at radius 3 is 3.00 bits per heavy atom. The standard InChI is InChI=1S/C14H16FN3O2/c15-10-7-16-6-5-9(10)14(20)18-8-13(19)17-11-3-1-2-4-12(11)18/h5-7,11-12H,1-4,8H2,(H,17,19)/t11-,12-/m1/s1. The smallest absolute Gasteiger partial charge is 0.257 e. The van der Waals surface area contributed by atoms with Crippen LogP contribution in [-0.2, 0) is 4.79 Å². The molecule has 0 bridgehead atoms. The van der Waals surface area contributed by atoms with Crippen LogP contribution in [0.4, 0.5) is 4.39 Å². The number of hydrogen-bond donors (Lipinski definition) is 1. The monoisotopic (exact) mass is 277 g/mol. The molecule has 0 aromatic carbocycles. The maximum absolute atomic E-state index is 13.7. The Bertz CT molecular complexity index is 549. The van der Waals surface area contributed by atoms with Gasteiger partial charge in [0.15, 0.2) is 5.82 Å². The van der Waals surface area contributed by atoms with E-state index in [2.05, 4.69) is 10.3 Å². The van der Waals surface area contributed by atoms with Crippen LogP contribution in [0.25, 0.3) is 0 Å². The lowest BCUT2D eigenvalue weighted by molar-refractivity contribution is -0.127. The summed E-state index contributed by atoms with van der Waals surface area (Å²) in [5, 5.41) is 2.93. The predicted molar refractivity (Wildman–Crippen MR) is 69.4 cm³/mol. The van der Waals surface area contributed by atoms with Crippen molar-refractivity contribution in [2.75, 3.05) is 6.54 Å². The van der Waals surface area contributed by atoms with Crippen molar-refractivity contribution in [1.82, 2.24) is 15.2 Å². The van der Waals surface area contributed by atoms with Gasteiger partial charge in [-0.25, -0.2) is 4.39 Å². The minimum absolute atomic E-state index is 0.00107. The van der Waals surface area contributed by atoms with Gasteiger partial charge < -0.3 is 10.2 Å². The van der Waals surface area contributed by atoms with Crippen LogP contribution in [-0.4, -0.2) is 40.3 Å². The van der Waals surface area contributed by atoms with Crippen LogP contribution in [0, 0.1) is 5.82 Å². The SMILES string of the molecule is O=C1CN(C(=O)c2ccncc2F)[C@@H]2CCCC[C@H]2N1. The van der Waals surface area contributed by atoms with Crippen LogP contribution in [0.2, 0.25) is 0 Å². The molecule has 3 rings (SSSR count). The molecule has 1 saturated heterocycles. The van der Waals surface area contributed by atoms with Crippen molar-refractivity contribution in [3.63, 3.8) is 0 Å². The molecule has 1 aliphatic carbocycles. The van der Waals surface area contributed by atoms with Gasteiger partial charge in [-0.3, -0.25) is 14.6 Å². The van der Waals surface area contributed by atoms with Crippen LogP contribution in [0.15, 0.2) is 18.5 Å². The van der Waals surface area contributed by atoms with E-state index in [0.717, 1.165) is 31.9 Å². The minimum Gasteiger partial charge on any atom is -0.350 e. The van der Waals surface area contributed by atoms with Gasteiger partial charge in [0.05, 0.1) is 17.8 Å². The molecular formula is C14H16FN3O2. The van der Waals surface area contributed by atoms with E-state index in [1.54, 1.807) is 0 Å². The van der Waals surface area contributed by atoms with Gasteiger partial charge in [0, 0.05) is 12.2 Å². The van der Waals surface area contributed by atoms with E-state index in [0.29, 0.717) is 0 Å². The summed E-state index contributed by atoms with van der Waals surface area (Å²) in [7, 11) is 0. The molecule has 2 heterocycles. The molecule has 6 heteroatoms. The van der Waals surface area contributed by atoms with Gasteiger partial charge in [-0.1, -0.05) is 12.8 Å². The van der Waals surface area contributed by atoms with Crippen LogP contribution >= 0.6 is 0 Å². The molecule has 1 saturated carbocycles. The fraction of sp³-hybridized carbons (Fsp3) is 0.500. The van der Waals surface area contributed by atoms with E-state index in [1.165, 1.54) is 17.2 Å². The average Bonchev–Trinajstić information content (AvgIpc) is 2.46. The highest BCUT2D eigenvalue weighted by Crippen LogP contribution is 2.27. The molecule has 1 aromatic heterocycles. The summed E-state index contributed by atoms with van der Waals surface area (Å²) in [6.45, 7) is 0.00175. The summed E-state index contributed by atoms with van der Waals surface area (Å²) < 4.78 is 13.7. The molecule has 1 aromatic rings. The highest BCUT2D eigenvalue weighted by atomic mass is 19.1. The lowest BCUT2D eigenvalue weighted by Gasteiger charge is -2.43. The van der Waals surface area contributed by atoms with Crippen molar-refractivity contribution in [2.45, 2.75) is 37.8 Å². The van der Waals surface area contributed by atoms with Crippen molar-refractivity contribution in [2.24, 2.45) is 0 Å². The van der Waals surface area contributed by atoms with Gasteiger partial charge >= 0.3 is 0 Å². The fourth-order valence-electron chi connectivity index (χ4n) is 3.10. The highest BCUT2D eigenvalue weighted by Gasteiger charge is 2.39. The number of fused-ring (bicyclic) bond motifs is 1. The zero-order chi connectivity index (χ0) is 14.1. The van der Waals surface area contributed by atoms with Crippen LogP contribution in [0.3, 0.4) is 0 Å². The number of nitrogens with one attached hydrogen (secondary N) is 1. The molecule has 2 atom stereocenters. The normalized spacial score (nSPS) is 25.9. The van der Waals surface area contributed by atoms with E-state index < -0.39 is 11.7 Å². The number of pyridine rings is 1. The van der Waals surface area contributed by atoms with Crippen molar-refractivity contribution < 1.29 is 14.0 Å². The number of carbonyl (C=O) groups is 2. The van der Waals surface area contributed by atoms with Crippen molar-refractivity contribution >= 4 is 11.8 Å². The van der Waals surface area contributed by atoms with Gasteiger partial charge in [0.2, 0.25) is 5.91 Å². The summed E-state index contributed by atoms with van der Waals surface area (Å²) in [4.78, 5) is 29.4.